The number of nitrogens with zero attached hydrogens (tertiary/aromatic N) is 2. The number of benzene rings is 3. The Kier molecular flexibility index (Phi) is 8.66. The Morgan fingerprint density at radius 3 is 2.51 bits per heavy atom. The summed E-state index contributed by atoms with van der Waals surface area (Å²) in [5, 5.41) is 21.2. The third-order valence-electron chi connectivity index (χ3n) is 7.01. The number of nitrogens with one attached hydrogen (secondary N) is 2. The molecule has 5 rings (SSSR count). The van der Waals surface area contributed by atoms with Gasteiger partial charge in [0.05, 0.1) is 18.5 Å². The van der Waals surface area contributed by atoms with Crippen molar-refractivity contribution in [2.45, 2.75) is 31.0 Å². The van der Waals surface area contributed by atoms with Crippen LogP contribution in [0.2, 0.25) is 0 Å². The van der Waals surface area contributed by atoms with Crippen molar-refractivity contribution < 1.29 is 28.9 Å². The lowest BCUT2D eigenvalue weighted by molar-refractivity contribution is -0.129. The van der Waals surface area contributed by atoms with Crippen LogP contribution in [-0.2, 0) is 4.79 Å². The van der Waals surface area contributed by atoms with Gasteiger partial charge in [0.1, 0.15) is 42.2 Å². The summed E-state index contributed by atoms with van der Waals surface area (Å²) in [6.45, 7) is 1.41. The highest BCUT2D eigenvalue weighted by Gasteiger charge is 2.46. The van der Waals surface area contributed by atoms with Gasteiger partial charge in [0.2, 0.25) is 0 Å². The molecule has 3 aromatic carbocycles. The number of aliphatic hydroxyl groups excluding tert-OH is 2. The highest BCUT2D eigenvalue weighted by atomic mass is 127. The van der Waals surface area contributed by atoms with Crippen LogP contribution >= 0.6 is 22.6 Å². The second-order valence-electron chi connectivity index (χ2n) is 9.76. The van der Waals surface area contributed by atoms with E-state index in [4.69, 9.17) is 9.84 Å². The number of urea groups is 1. The minimum absolute atomic E-state index is 0.0843. The zero-order valence-electron chi connectivity index (χ0n) is 22.0. The van der Waals surface area contributed by atoms with Gasteiger partial charge < -0.3 is 25.3 Å². The number of hydrogen-bond donors (Lipinski definition) is 4. The average Bonchev–Trinajstić information content (AvgIpc) is 3.57. The number of imidazole rings is 1. The van der Waals surface area contributed by atoms with Crippen LogP contribution in [0.4, 0.5) is 9.18 Å². The van der Waals surface area contributed by atoms with Gasteiger partial charge in [-0.2, -0.15) is 0 Å². The van der Waals surface area contributed by atoms with E-state index >= 15 is 0 Å². The summed E-state index contributed by atoms with van der Waals surface area (Å²) < 4.78 is 21.0. The Balaban J connectivity index is 1.46. The molecule has 0 aliphatic carbocycles. The molecule has 1 aliphatic heterocycles. The lowest BCUT2D eigenvalue weighted by Crippen LogP contribution is -2.38. The van der Waals surface area contributed by atoms with E-state index in [2.05, 4.69) is 15.3 Å². The van der Waals surface area contributed by atoms with Crippen molar-refractivity contribution in [3.8, 4) is 17.0 Å². The van der Waals surface area contributed by atoms with Crippen molar-refractivity contribution in [1.82, 2.24) is 20.2 Å². The minimum Gasteiger partial charge on any atom is -0.491 e. The lowest BCUT2D eigenvalue weighted by Gasteiger charge is -2.29. The third kappa shape index (κ3) is 6.11. The Bertz CT molecular complexity index is 1530. The normalized spacial score (nSPS) is 17.3. The first kappa shape index (κ1) is 28.7. The average molecular weight is 670 g/mol. The molecule has 9 nitrogen and oxygen atoms in total. The summed E-state index contributed by atoms with van der Waals surface area (Å²) in [6, 6.07) is 18.6. The monoisotopic (exact) mass is 670 g/mol. The van der Waals surface area contributed by atoms with Gasteiger partial charge in [-0.25, -0.2) is 14.2 Å². The predicted octanol–water partition coefficient (Wildman–Crippen LogP) is 4.69. The molecule has 212 valence electrons. The summed E-state index contributed by atoms with van der Waals surface area (Å²) in [7, 11) is 0. The maximum atomic E-state index is 14.8. The number of aliphatic hydroxyl groups is 2. The maximum absolute atomic E-state index is 14.8. The highest BCUT2D eigenvalue weighted by Crippen LogP contribution is 2.39. The Morgan fingerprint density at radius 1 is 1.10 bits per heavy atom. The Hall–Kier alpha value is -3.81. The van der Waals surface area contributed by atoms with Crippen molar-refractivity contribution in [3.05, 3.63) is 105 Å². The van der Waals surface area contributed by atoms with Crippen LogP contribution in [-0.4, -0.2) is 56.3 Å². The van der Waals surface area contributed by atoms with E-state index in [1.807, 2.05) is 59.8 Å². The number of imide groups is 1. The number of carbonyl (C=O) groups excluding carboxylic acids is 2. The van der Waals surface area contributed by atoms with E-state index in [0.29, 0.717) is 28.4 Å². The summed E-state index contributed by atoms with van der Waals surface area (Å²) in [6.07, 6.45) is 0.500. The predicted molar refractivity (Wildman–Crippen MR) is 157 cm³/mol. The summed E-state index contributed by atoms with van der Waals surface area (Å²) >= 11 is 2.04. The highest BCUT2D eigenvalue weighted by molar-refractivity contribution is 14.1. The number of ether oxygens (including phenoxy) is 1. The van der Waals surface area contributed by atoms with Crippen molar-refractivity contribution in [2.24, 2.45) is 0 Å². The van der Waals surface area contributed by atoms with E-state index in [-0.39, 0.29) is 12.5 Å². The van der Waals surface area contributed by atoms with Gasteiger partial charge in [-0.15, -0.1) is 0 Å². The molecule has 0 bridgehead atoms. The van der Waals surface area contributed by atoms with E-state index in [9.17, 15) is 19.1 Å². The molecule has 0 saturated carbocycles. The molecule has 4 aromatic rings. The molecular formula is C30H28FIN4O5. The SMILES string of the molecule is C[C@@H](c1ccccc1)[C@@H](c1ncc(-c2ccc(I)cc2F)[nH]1)N1C(=O)N[C@H](c2ccc(OC[C@H](O)CO)cc2)C1=O. The number of hydrogen-bond acceptors (Lipinski definition) is 6. The van der Waals surface area contributed by atoms with Crippen LogP contribution in [0.25, 0.3) is 11.3 Å². The first-order valence-corrected chi connectivity index (χ1v) is 14.0. The van der Waals surface area contributed by atoms with Gasteiger partial charge in [0.25, 0.3) is 5.91 Å². The maximum Gasteiger partial charge on any atom is 0.325 e. The topological polar surface area (TPSA) is 128 Å². The molecule has 0 radical (unpaired) electrons. The van der Waals surface area contributed by atoms with Gasteiger partial charge >= 0.3 is 6.03 Å². The second kappa shape index (κ2) is 12.4. The number of H-pyrrole nitrogens is 1. The smallest absolute Gasteiger partial charge is 0.325 e. The number of rotatable bonds is 10. The number of amides is 3. The summed E-state index contributed by atoms with van der Waals surface area (Å²) in [5.74, 6) is -0.418. The number of carbonyl (C=O) groups is 2. The summed E-state index contributed by atoms with van der Waals surface area (Å²) in [5.41, 5.74) is 2.21. The number of aromatic nitrogens is 2. The largest absolute Gasteiger partial charge is 0.491 e. The minimum atomic E-state index is -1.01. The van der Waals surface area contributed by atoms with Gasteiger partial charge in [-0.05, 0) is 64.0 Å². The van der Waals surface area contributed by atoms with E-state index < -0.39 is 42.6 Å². The second-order valence-corrected chi connectivity index (χ2v) is 11.0. The molecule has 0 unspecified atom stereocenters. The zero-order valence-corrected chi connectivity index (χ0v) is 24.2. The molecule has 4 N–H and O–H groups in total. The Labute approximate surface area is 249 Å². The van der Waals surface area contributed by atoms with Gasteiger partial charge in [-0.1, -0.05) is 49.4 Å². The zero-order chi connectivity index (χ0) is 29.1. The number of aromatic amines is 1. The van der Waals surface area contributed by atoms with Crippen LogP contribution in [0.3, 0.4) is 0 Å². The molecule has 41 heavy (non-hydrogen) atoms. The molecule has 1 aromatic heterocycles. The fourth-order valence-electron chi connectivity index (χ4n) is 4.84. The van der Waals surface area contributed by atoms with Crippen molar-refractivity contribution >= 4 is 34.5 Å². The molecule has 1 fully saturated rings. The van der Waals surface area contributed by atoms with E-state index in [0.717, 1.165) is 9.13 Å². The van der Waals surface area contributed by atoms with E-state index in [1.54, 1.807) is 36.4 Å². The molecule has 11 heteroatoms. The Morgan fingerprint density at radius 2 is 1.83 bits per heavy atom. The fraction of sp³-hybridized carbons (Fsp3) is 0.233. The van der Waals surface area contributed by atoms with Crippen molar-refractivity contribution in [3.63, 3.8) is 0 Å². The first-order valence-electron chi connectivity index (χ1n) is 13.0. The molecular weight excluding hydrogens is 642 g/mol. The molecule has 3 amide bonds. The molecule has 4 atom stereocenters. The molecule has 1 saturated heterocycles. The van der Waals surface area contributed by atoms with Crippen LogP contribution < -0.4 is 10.1 Å². The van der Waals surface area contributed by atoms with Crippen LogP contribution in [0, 0.1) is 9.39 Å². The first-order chi connectivity index (χ1) is 19.8. The summed E-state index contributed by atoms with van der Waals surface area (Å²) in [4.78, 5) is 36.1. The van der Waals surface area contributed by atoms with Crippen molar-refractivity contribution in [2.75, 3.05) is 13.2 Å². The van der Waals surface area contributed by atoms with Gasteiger partial charge in [-0.3, -0.25) is 9.69 Å². The third-order valence-corrected chi connectivity index (χ3v) is 7.68. The molecule has 0 spiro atoms. The van der Waals surface area contributed by atoms with Crippen LogP contribution in [0.5, 0.6) is 5.75 Å². The quantitative estimate of drug-likeness (QED) is 0.143. The molecule has 2 heterocycles. The van der Waals surface area contributed by atoms with Crippen molar-refractivity contribution in [1.29, 1.82) is 0 Å². The van der Waals surface area contributed by atoms with Gasteiger partial charge in [0.15, 0.2) is 0 Å². The number of halogens is 2. The van der Waals surface area contributed by atoms with E-state index in [1.165, 1.54) is 17.2 Å². The standard InChI is InChI=1S/C30H28FIN4O5/c1-17(18-5-3-2-4-6-18)27(28-33-14-25(34-28)23-12-9-20(32)13-24(23)31)36-29(39)26(35-30(36)40)19-7-10-22(11-8-19)41-16-21(38)15-37/h2-14,17,21,26-27,37-38H,15-16H2,1H3,(H,33,34)(H,35,40)/t17-,21+,26+,27-/m0/s1. The molecule has 1 aliphatic rings. The lowest BCUT2D eigenvalue weighted by atomic mass is 9.91. The van der Waals surface area contributed by atoms with Crippen LogP contribution in [0.1, 0.15) is 41.9 Å². The van der Waals surface area contributed by atoms with Crippen LogP contribution in [0.15, 0.2) is 79.0 Å². The van der Waals surface area contributed by atoms with Gasteiger partial charge in [0, 0.05) is 15.1 Å². The fourth-order valence-corrected chi connectivity index (χ4v) is 5.29.